The van der Waals surface area contributed by atoms with Crippen LogP contribution in [-0.2, 0) is 21.7 Å². The summed E-state index contributed by atoms with van der Waals surface area (Å²) in [6.07, 6.45) is 4.16. The molecule has 3 amide bonds. The molecule has 0 unspecified atom stereocenters. The Bertz CT molecular complexity index is 2300. The van der Waals surface area contributed by atoms with Gasteiger partial charge in [-0.2, -0.15) is 0 Å². The van der Waals surface area contributed by atoms with E-state index in [9.17, 15) is 27.6 Å². The Labute approximate surface area is 326 Å². The fourth-order valence-electron chi connectivity index (χ4n) is 8.12. The van der Waals surface area contributed by atoms with Crippen LogP contribution in [0.4, 0.5) is 5.69 Å². The van der Waals surface area contributed by atoms with Crippen LogP contribution in [-0.4, -0.2) is 37.5 Å². The molecule has 8 nitrogen and oxygen atoms in total. The number of nitrogens with one attached hydrogen (secondary N) is 1. The van der Waals surface area contributed by atoms with Crippen molar-refractivity contribution < 1.29 is 27.6 Å². The van der Waals surface area contributed by atoms with E-state index < -0.39 is 38.9 Å². The lowest BCUT2D eigenvalue weighted by molar-refractivity contribution is 0.0889. The summed E-state index contributed by atoms with van der Waals surface area (Å²) in [4.78, 5) is 54.4. The first-order valence-corrected chi connectivity index (χ1v) is 20.7. The molecule has 0 fully saturated rings. The van der Waals surface area contributed by atoms with Gasteiger partial charge in [0.05, 0.1) is 32.2 Å². The van der Waals surface area contributed by atoms with Crippen LogP contribution in [0.2, 0.25) is 0 Å². The van der Waals surface area contributed by atoms with Crippen molar-refractivity contribution in [3.8, 4) is 0 Å². The largest absolute Gasteiger partial charge is 0.347 e. The number of fused-ring (bicyclic) bond motifs is 1. The van der Waals surface area contributed by atoms with Crippen molar-refractivity contribution in [2.75, 3.05) is 4.90 Å². The minimum absolute atomic E-state index is 0.0210. The number of benzene rings is 4. The fourth-order valence-corrected chi connectivity index (χ4v) is 9.43. The lowest BCUT2D eigenvalue weighted by atomic mass is 9.73. The number of amides is 3. The molecule has 0 aromatic heterocycles. The second-order valence-corrected chi connectivity index (χ2v) is 17.7. The Balaban J connectivity index is 1.44. The summed E-state index contributed by atoms with van der Waals surface area (Å²) in [6, 6.07) is 16.3. The van der Waals surface area contributed by atoms with Gasteiger partial charge in [0.1, 0.15) is 0 Å². The number of aryl methyl sites for hydroxylation is 4. The van der Waals surface area contributed by atoms with Crippen molar-refractivity contribution >= 4 is 39.0 Å². The molecule has 0 spiro atoms. The van der Waals surface area contributed by atoms with Crippen LogP contribution in [0.15, 0.2) is 70.5 Å². The Kier molecular flexibility index (Phi) is 11.5. The molecule has 0 atom stereocenters. The summed E-state index contributed by atoms with van der Waals surface area (Å²) in [6.45, 7) is 22.0. The minimum Gasteiger partial charge on any atom is -0.347 e. The van der Waals surface area contributed by atoms with Gasteiger partial charge in [0.25, 0.3) is 17.7 Å². The molecule has 1 N–H and O–H groups in total. The van der Waals surface area contributed by atoms with Crippen molar-refractivity contribution in [1.82, 2.24) is 5.32 Å². The highest BCUT2D eigenvalue weighted by Crippen LogP contribution is 2.38. The van der Waals surface area contributed by atoms with E-state index in [-0.39, 0.29) is 37.5 Å². The van der Waals surface area contributed by atoms with Crippen LogP contribution in [0.25, 0.3) is 0 Å². The van der Waals surface area contributed by atoms with Gasteiger partial charge in [-0.1, -0.05) is 58.9 Å². The topological polar surface area (TPSA) is 118 Å². The Morgan fingerprint density at radius 2 is 1.15 bits per heavy atom. The number of nitrogens with zero attached hydrogens (tertiary/aromatic N) is 1. The molecule has 1 aliphatic rings. The number of hydrogen-bond acceptors (Lipinski definition) is 6. The van der Waals surface area contributed by atoms with Crippen molar-refractivity contribution in [3.63, 3.8) is 0 Å². The first-order valence-electron chi connectivity index (χ1n) is 19.2. The summed E-state index contributed by atoms with van der Waals surface area (Å²) in [5.41, 5.74) is 7.98. The summed E-state index contributed by atoms with van der Waals surface area (Å²) in [5.74, 6) is -2.07. The van der Waals surface area contributed by atoms with Gasteiger partial charge in [-0.05, 0) is 154 Å². The Morgan fingerprint density at radius 3 is 1.65 bits per heavy atom. The van der Waals surface area contributed by atoms with E-state index in [4.69, 9.17) is 0 Å². The van der Waals surface area contributed by atoms with E-state index in [0.717, 1.165) is 34.4 Å². The Hall–Kier alpha value is -4.89. The van der Waals surface area contributed by atoms with E-state index in [2.05, 4.69) is 52.1 Å². The van der Waals surface area contributed by atoms with E-state index >= 15 is 0 Å². The van der Waals surface area contributed by atoms with Crippen molar-refractivity contribution in [2.45, 2.75) is 129 Å². The molecule has 4 aromatic carbocycles. The third-order valence-electron chi connectivity index (χ3n) is 12.0. The van der Waals surface area contributed by atoms with Gasteiger partial charge in [0, 0.05) is 11.1 Å². The zero-order valence-electron chi connectivity index (χ0n) is 34.1. The van der Waals surface area contributed by atoms with E-state index in [1.165, 1.54) is 65.6 Å². The summed E-state index contributed by atoms with van der Waals surface area (Å²) >= 11 is 0. The number of rotatable bonds is 13. The molecule has 55 heavy (non-hydrogen) atoms. The number of hydrogen-bond donors (Lipinski definition) is 1. The third-order valence-corrected chi connectivity index (χ3v) is 13.8. The predicted molar refractivity (Wildman–Crippen MR) is 219 cm³/mol. The smallest absolute Gasteiger partial charge is 0.266 e. The van der Waals surface area contributed by atoms with Crippen LogP contribution < -0.4 is 10.2 Å². The molecular weight excluding hydrogens is 709 g/mol. The molecule has 0 saturated carbocycles. The SMILES string of the molecule is CCC(C)(CC)NC(=O)c1ccc(S(=O)(=O)c2ccc3c(c2)C(=O)N(c2c(C)cc(Cc4cc(C)c(C(C)(CC)CC)c(C)c4)cc2C)C3=O)cc1C(C)=O. The first-order chi connectivity index (χ1) is 25.7. The molecule has 4 aromatic rings. The lowest BCUT2D eigenvalue weighted by Crippen LogP contribution is -2.45. The minimum atomic E-state index is -4.26. The molecule has 1 heterocycles. The van der Waals surface area contributed by atoms with Gasteiger partial charge in [0.15, 0.2) is 5.78 Å². The average Bonchev–Trinajstić information content (AvgIpc) is 3.38. The third kappa shape index (κ3) is 7.56. The highest BCUT2D eigenvalue weighted by Gasteiger charge is 2.39. The molecule has 9 heteroatoms. The van der Waals surface area contributed by atoms with Crippen molar-refractivity contribution in [1.29, 1.82) is 0 Å². The van der Waals surface area contributed by atoms with Crippen molar-refractivity contribution in [3.05, 3.63) is 122 Å². The maximum atomic E-state index is 14.0. The Morgan fingerprint density at radius 1 is 0.655 bits per heavy atom. The standard InChI is InChI=1S/C46H54N2O6S/c1-12-45(10,13-2)40-27(5)20-32(21-28(40)6)24-33-22-29(7)41(30(8)23-33)48-43(51)37-19-17-35(26-39(37)44(48)52)55(53,54)34-16-18-36(38(25-34)31(9)49)42(50)47-46(11,14-3)15-4/h16-23,25-26H,12-15,24H2,1-11H3,(H,47,50). The number of Topliss-reactive ketones (excluding diaryl/α,β-unsaturated/α-hetero) is 1. The summed E-state index contributed by atoms with van der Waals surface area (Å²) in [7, 11) is -4.26. The fraction of sp³-hybridized carbons (Fsp3) is 0.391. The molecule has 0 aliphatic carbocycles. The van der Waals surface area contributed by atoms with Gasteiger partial charge >= 0.3 is 0 Å². The van der Waals surface area contributed by atoms with Gasteiger partial charge < -0.3 is 5.32 Å². The molecule has 290 valence electrons. The van der Waals surface area contributed by atoms with Crippen LogP contribution in [0.3, 0.4) is 0 Å². The molecule has 0 saturated heterocycles. The van der Waals surface area contributed by atoms with E-state index in [1.54, 1.807) is 0 Å². The summed E-state index contributed by atoms with van der Waals surface area (Å²) in [5, 5.41) is 2.97. The number of imide groups is 1. The number of ketones is 1. The molecule has 1 aliphatic heterocycles. The van der Waals surface area contributed by atoms with Gasteiger partial charge in [-0.15, -0.1) is 0 Å². The normalized spacial score (nSPS) is 13.3. The van der Waals surface area contributed by atoms with Crippen LogP contribution in [0.1, 0.15) is 155 Å². The monoisotopic (exact) mass is 762 g/mol. The molecule has 5 rings (SSSR count). The quantitative estimate of drug-likeness (QED) is 0.107. The van der Waals surface area contributed by atoms with Crippen LogP contribution in [0.5, 0.6) is 0 Å². The van der Waals surface area contributed by atoms with Gasteiger partial charge in [-0.25, -0.2) is 13.3 Å². The number of carbonyl (C=O) groups is 4. The van der Waals surface area contributed by atoms with Crippen molar-refractivity contribution in [2.24, 2.45) is 0 Å². The average molecular weight is 763 g/mol. The maximum Gasteiger partial charge on any atom is 0.266 e. The second-order valence-electron chi connectivity index (χ2n) is 15.8. The molecule has 0 radical (unpaired) electrons. The van der Waals surface area contributed by atoms with Gasteiger partial charge in [-0.3, -0.25) is 19.2 Å². The summed E-state index contributed by atoms with van der Waals surface area (Å²) < 4.78 is 27.9. The van der Waals surface area contributed by atoms with E-state index in [1.807, 2.05) is 46.8 Å². The molecular formula is C46H54N2O6S. The highest BCUT2D eigenvalue weighted by molar-refractivity contribution is 7.91. The van der Waals surface area contributed by atoms with E-state index in [0.29, 0.717) is 24.9 Å². The van der Waals surface area contributed by atoms with Crippen LogP contribution in [0, 0.1) is 27.7 Å². The number of sulfone groups is 1. The second kappa shape index (κ2) is 15.3. The first kappa shape index (κ1) is 41.3. The highest BCUT2D eigenvalue weighted by atomic mass is 32.2. The molecule has 0 bridgehead atoms. The number of carbonyl (C=O) groups excluding carboxylic acids is 4. The number of anilines is 1. The maximum absolute atomic E-state index is 14.0. The van der Waals surface area contributed by atoms with Gasteiger partial charge in [0.2, 0.25) is 9.84 Å². The zero-order chi connectivity index (χ0) is 40.8. The van der Waals surface area contributed by atoms with Crippen LogP contribution >= 0.6 is 0 Å². The predicted octanol–water partition coefficient (Wildman–Crippen LogP) is 9.73. The lowest BCUT2D eigenvalue weighted by Gasteiger charge is -2.31. The zero-order valence-corrected chi connectivity index (χ0v) is 34.9.